The van der Waals surface area contributed by atoms with Crippen LogP contribution in [0.25, 0.3) is 0 Å². The van der Waals surface area contributed by atoms with Crippen LogP contribution in [0.1, 0.15) is 65.2 Å². The standard InChI is InChI=1S/C20H30O3/c1-18-8-6-17-15(16(18)7-9-19(18,2)23)4-3-13-11-14(22)5-10-20(13,17)12-21/h3,12,14-17,22-23H,4-11H2,1-2H3/t14-,15-,16-,17-,18-,19-,20+/m0/s1. The quantitative estimate of drug-likeness (QED) is 0.576. The van der Waals surface area contributed by atoms with Crippen LogP contribution in [-0.2, 0) is 4.79 Å². The number of aldehydes is 1. The number of hydrogen-bond acceptors (Lipinski definition) is 3. The van der Waals surface area contributed by atoms with Crippen molar-refractivity contribution in [3.8, 4) is 0 Å². The maximum absolute atomic E-state index is 12.2. The number of hydrogen-bond donors (Lipinski definition) is 2. The molecule has 0 aromatic carbocycles. The van der Waals surface area contributed by atoms with Gasteiger partial charge >= 0.3 is 0 Å². The van der Waals surface area contributed by atoms with Crippen molar-refractivity contribution in [2.24, 2.45) is 28.6 Å². The third kappa shape index (κ3) is 1.93. The molecule has 0 aliphatic heterocycles. The fourth-order valence-corrected chi connectivity index (χ4v) is 6.81. The number of carbonyl (C=O) groups is 1. The Morgan fingerprint density at radius 2 is 1.87 bits per heavy atom. The van der Waals surface area contributed by atoms with Gasteiger partial charge in [-0.15, -0.1) is 0 Å². The Morgan fingerprint density at radius 3 is 2.61 bits per heavy atom. The Kier molecular flexibility index (Phi) is 3.39. The normalized spacial score (nSPS) is 55.4. The molecule has 4 rings (SSSR count). The molecule has 0 unspecified atom stereocenters. The van der Waals surface area contributed by atoms with Gasteiger partial charge in [0.05, 0.1) is 17.1 Å². The maximum Gasteiger partial charge on any atom is 0.130 e. The summed E-state index contributed by atoms with van der Waals surface area (Å²) in [6.45, 7) is 4.29. The molecule has 23 heavy (non-hydrogen) atoms. The van der Waals surface area contributed by atoms with Crippen molar-refractivity contribution >= 4 is 6.29 Å². The lowest BCUT2D eigenvalue weighted by Gasteiger charge is -2.57. The molecule has 3 nitrogen and oxygen atoms in total. The summed E-state index contributed by atoms with van der Waals surface area (Å²) >= 11 is 0. The number of fused-ring (bicyclic) bond motifs is 5. The predicted molar refractivity (Wildman–Crippen MR) is 88.7 cm³/mol. The summed E-state index contributed by atoms with van der Waals surface area (Å²) in [5.41, 5.74) is 0.320. The lowest BCUT2D eigenvalue weighted by Crippen LogP contribution is -2.55. The number of rotatable bonds is 1. The van der Waals surface area contributed by atoms with Gasteiger partial charge in [-0.2, -0.15) is 0 Å². The minimum Gasteiger partial charge on any atom is -0.393 e. The molecule has 3 fully saturated rings. The second kappa shape index (κ2) is 4.92. The van der Waals surface area contributed by atoms with Crippen molar-refractivity contribution in [1.29, 1.82) is 0 Å². The number of aliphatic hydroxyl groups excluding tert-OH is 1. The maximum atomic E-state index is 12.2. The number of aliphatic hydroxyl groups is 2. The Balaban J connectivity index is 1.72. The highest BCUT2D eigenvalue weighted by Gasteiger charge is 2.62. The molecular formula is C20H30O3. The molecule has 7 atom stereocenters. The van der Waals surface area contributed by atoms with Crippen LogP contribution >= 0.6 is 0 Å². The van der Waals surface area contributed by atoms with Gasteiger partial charge in [-0.25, -0.2) is 0 Å². The van der Waals surface area contributed by atoms with Gasteiger partial charge in [-0.1, -0.05) is 18.6 Å². The van der Waals surface area contributed by atoms with Crippen molar-refractivity contribution in [1.82, 2.24) is 0 Å². The van der Waals surface area contributed by atoms with Crippen molar-refractivity contribution in [2.45, 2.75) is 76.9 Å². The third-order valence-electron chi connectivity index (χ3n) is 8.45. The second-order valence-corrected chi connectivity index (χ2v) is 9.17. The van der Waals surface area contributed by atoms with E-state index in [1.165, 1.54) is 11.9 Å². The fourth-order valence-electron chi connectivity index (χ4n) is 6.81. The van der Waals surface area contributed by atoms with Crippen molar-refractivity contribution in [3.63, 3.8) is 0 Å². The first kappa shape index (κ1) is 15.8. The highest BCUT2D eigenvalue weighted by atomic mass is 16.3. The minimum absolute atomic E-state index is 0.00222. The van der Waals surface area contributed by atoms with Crippen molar-refractivity contribution in [2.75, 3.05) is 0 Å². The Hall–Kier alpha value is -0.670. The first-order valence-electron chi connectivity index (χ1n) is 9.40. The zero-order valence-corrected chi connectivity index (χ0v) is 14.4. The zero-order valence-electron chi connectivity index (χ0n) is 14.4. The van der Waals surface area contributed by atoms with E-state index < -0.39 is 5.60 Å². The van der Waals surface area contributed by atoms with E-state index in [2.05, 4.69) is 13.0 Å². The molecule has 0 amide bonds. The molecule has 0 saturated heterocycles. The van der Waals surface area contributed by atoms with Crippen LogP contribution in [0.2, 0.25) is 0 Å². The van der Waals surface area contributed by atoms with Crippen LogP contribution in [0.15, 0.2) is 11.6 Å². The van der Waals surface area contributed by atoms with Gasteiger partial charge in [0.2, 0.25) is 0 Å². The summed E-state index contributed by atoms with van der Waals surface area (Å²) in [5.74, 6) is 1.46. The summed E-state index contributed by atoms with van der Waals surface area (Å²) in [4.78, 5) is 12.2. The smallest absolute Gasteiger partial charge is 0.130 e. The van der Waals surface area contributed by atoms with Gasteiger partial charge in [-0.3, -0.25) is 0 Å². The van der Waals surface area contributed by atoms with Crippen LogP contribution in [0.4, 0.5) is 0 Å². The Bertz CT molecular complexity index is 551. The summed E-state index contributed by atoms with van der Waals surface area (Å²) in [6, 6.07) is 0. The molecule has 3 heteroatoms. The summed E-state index contributed by atoms with van der Waals surface area (Å²) in [7, 11) is 0. The SMILES string of the molecule is C[C@]1(O)CC[C@H]2[C@@H]3CC=C4C[C@@H](O)CC[C@]4(C=O)[C@H]3CC[C@@]21C. The molecule has 4 aliphatic rings. The minimum atomic E-state index is -0.566. The van der Waals surface area contributed by atoms with E-state index in [1.807, 2.05) is 6.92 Å². The molecule has 0 aromatic rings. The topological polar surface area (TPSA) is 57.5 Å². The summed E-state index contributed by atoms with van der Waals surface area (Å²) in [6.07, 6.45) is 10.5. The highest BCUT2D eigenvalue weighted by Crippen LogP contribution is 2.66. The summed E-state index contributed by atoms with van der Waals surface area (Å²) < 4.78 is 0. The van der Waals surface area contributed by atoms with Gasteiger partial charge in [0.1, 0.15) is 6.29 Å². The van der Waals surface area contributed by atoms with Crippen LogP contribution in [0.3, 0.4) is 0 Å². The fraction of sp³-hybridized carbons (Fsp3) is 0.850. The number of allylic oxidation sites excluding steroid dienone is 1. The molecule has 3 saturated carbocycles. The average Bonchev–Trinajstić information content (AvgIpc) is 2.77. The molecule has 2 N–H and O–H groups in total. The second-order valence-electron chi connectivity index (χ2n) is 9.17. The Morgan fingerprint density at radius 1 is 1.13 bits per heavy atom. The molecule has 0 heterocycles. The molecule has 0 bridgehead atoms. The first-order valence-corrected chi connectivity index (χ1v) is 9.40. The van der Waals surface area contributed by atoms with Gasteiger partial charge in [0, 0.05) is 0 Å². The molecule has 0 aromatic heterocycles. The van der Waals surface area contributed by atoms with Crippen LogP contribution in [0.5, 0.6) is 0 Å². The van der Waals surface area contributed by atoms with E-state index >= 15 is 0 Å². The van der Waals surface area contributed by atoms with E-state index in [0.29, 0.717) is 24.2 Å². The van der Waals surface area contributed by atoms with E-state index in [4.69, 9.17) is 0 Å². The molecule has 128 valence electrons. The molecule has 0 radical (unpaired) electrons. The van der Waals surface area contributed by atoms with Gasteiger partial charge < -0.3 is 15.0 Å². The number of carbonyl (C=O) groups excluding carboxylic acids is 1. The van der Waals surface area contributed by atoms with Gasteiger partial charge in [0.15, 0.2) is 0 Å². The largest absolute Gasteiger partial charge is 0.393 e. The predicted octanol–water partition coefficient (Wildman–Crippen LogP) is 3.24. The highest BCUT2D eigenvalue weighted by molar-refractivity contribution is 5.67. The summed E-state index contributed by atoms with van der Waals surface area (Å²) in [5, 5.41) is 20.9. The first-order chi connectivity index (χ1) is 10.8. The Labute approximate surface area is 139 Å². The van der Waals surface area contributed by atoms with Crippen LogP contribution in [-0.4, -0.2) is 28.2 Å². The van der Waals surface area contributed by atoms with E-state index in [0.717, 1.165) is 44.9 Å². The van der Waals surface area contributed by atoms with Crippen molar-refractivity contribution < 1.29 is 15.0 Å². The van der Waals surface area contributed by atoms with E-state index in [9.17, 15) is 15.0 Å². The van der Waals surface area contributed by atoms with E-state index in [1.54, 1.807) is 0 Å². The molecule has 4 aliphatic carbocycles. The lowest BCUT2D eigenvalue weighted by atomic mass is 9.47. The molecular weight excluding hydrogens is 288 g/mol. The van der Waals surface area contributed by atoms with Crippen molar-refractivity contribution in [3.05, 3.63) is 11.6 Å². The van der Waals surface area contributed by atoms with Gasteiger partial charge in [-0.05, 0) is 81.5 Å². The monoisotopic (exact) mass is 318 g/mol. The average molecular weight is 318 g/mol. The molecule has 0 spiro atoms. The van der Waals surface area contributed by atoms with E-state index in [-0.39, 0.29) is 16.9 Å². The van der Waals surface area contributed by atoms with Gasteiger partial charge in [0.25, 0.3) is 0 Å². The third-order valence-corrected chi connectivity index (χ3v) is 8.45. The van der Waals surface area contributed by atoms with Crippen LogP contribution in [0, 0.1) is 28.6 Å². The van der Waals surface area contributed by atoms with Crippen LogP contribution < -0.4 is 0 Å². The lowest BCUT2D eigenvalue weighted by molar-refractivity contribution is -0.135. The zero-order chi connectivity index (χ0) is 16.5.